The first kappa shape index (κ1) is 24.0. The highest BCUT2D eigenvalue weighted by Crippen LogP contribution is 2.50. The number of aromatic hydroxyl groups is 2. The number of methoxy groups -OCH3 is 2. The van der Waals surface area contributed by atoms with Gasteiger partial charge < -0.3 is 24.4 Å². The molecular weight excluding hydrogens is 440 g/mol. The number of phenolic OH excluding ortho intramolecular Hbond substituents is 2. The van der Waals surface area contributed by atoms with Gasteiger partial charge in [-0.1, -0.05) is 42.0 Å². The third-order valence-corrected chi connectivity index (χ3v) is 6.07. The van der Waals surface area contributed by atoms with Crippen molar-refractivity contribution in [3.05, 3.63) is 89.0 Å². The van der Waals surface area contributed by atoms with Gasteiger partial charge in [-0.25, -0.2) is 0 Å². The van der Waals surface area contributed by atoms with Crippen molar-refractivity contribution in [1.29, 1.82) is 0 Å². The van der Waals surface area contributed by atoms with E-state index in [2.05, 4.69) is 31.2 Å². The Balaban J connectivity index is 1.74. The molecule has 0 amide bonds. The van der Waals surface area contributed by atoms with Gasteiger partial charge in [-0.3, -0.25) is 0 Å². The molecule has 0 heterocycles. The van der Waals surface area contributed by atoms with Crippen LogP contribution in [0.2, 0.25) is 0 Å². The molecule has 0 saturated heterocycles. The number of rotatable bonds is 7. The molecule has 4 aromatic rings. The van der Waals surface area contributed by atoms with E-state index >= 15 is 0 Å². The molecule has 0 unspecified atom stereocenters. The first-order valence-corrected chi connectivity index (χ1v) is 11.4. The Morgan fingerprint density at radius 2 is 1.31 bits per heavy atom. The van der Waals surface area contributed by atoms with E-state index in [9.17, 15) is 10.2 Å². The lowest BCUT2D eigenvalue weighted by molar-refractivity contribution is 0.302. The summed E-state index contributed by atoms with van der Waals surface area (Å²) < 4.78 is 17.5. The van der Waals surface area contributed by atoms with E-state index in [1.54, 1.807) is 31.4 Å². The minimum absolute atomic E-state index is 0.0120. The third kappa shape index (κ3) is 4.90. The van der Waals surface area contributed by atoms with Crippen LogP contribution in [0.1, 0.15) is 22.3 Å². The van der Waals surface area contributed by atoms with Crippen molar-refractivity contribution in [1.82, 2.24) is 0 Å². The quantitative estimate of drug-likeness (QED) is 0.306. The molecule has 4 rings (SSSR count). The van der Waals surface area contributed by atoms with Crippen molar-refractivity contribution in [2.24, 2.45) is 0 Å². The van der Waals surface area contributed by atoms with Gasteiger partial charge in [-0.05, 0) is 78.9 Å². The second-order valence-corrected chi connectivity index (χ2v) is 8.64. The summed E-state index contributed by atoms with van der Waals surface area (Å²) in [5.74, 6) is 1.82. The minimum Gasteiger partial charge on any atom is -0.508 e. The maximum Gasteiger partial charge on any atom is 0.170 e. The predicted molar refractivity (Wildman–Crippen MR) is 139 cm³/mol. The molecule has 0 fully saturated rings. The largest absolute Gasteiger partial charge is 0.508 e. The first-order valence-electron chi connectivity index (χ1n) is 11.4. The molecule has 180 valence electrons. The van der Waals surface area contributed by atoms with Crippen LogP contribution in [0.4, 0.5) is 0 Å². The van der Waals surface area contributed by atoms with Crippen LogP contribution in [0.5, 0.6) is 28.7 Å². The van der Waals surface area contributed by atoms with E-state index in [-0.39, 0.29) is 11.5 Å². The highest BCUT2D eigenvalue weighted by Gasteiger charge is 2.23. The van der Waals surface area contributed by atoms with Crippen LogP contribution in [-0.2, 0) is 6.61 Å². The predicted octanol–water partition coefficient (Wildman–Crippen LogP) is 6.95. The zero-order valence-corrected chi connectivity index (χ0v) is 20.7. The summed E-state index contributed by atoms with van der Waals surface area (Å²) in [6, 6.07) is 20.8. The number of aryl methyl sites for hydroxylation is 3. The lowest BCUT2D eigenvalue weighted by Gasteiger charge is -2.20. The van der Waals surface area contributed by atoms with Gasteiger partial charge >= 0.3 is 0 Å². The number of hydrogen-bond donors (Lipinski definition) is 2. The average molecular weight is 471 g/mol. The van der Waals surface area contributed by atoms with Crippen molar-refractivity contribution in [3.8, 4) is 51.0 Å². The molecule has 0 saturated carbocycles. The van der Waals surface area contributed by atoms with Crippen LogP contribution < -0.4 is 14.2 Å². The fourth-order valence-corrected chi connectivity index (χ4v) is 4.29. The Kier molecular flexibility index (Phi) is 6.87. The van der Waals surface area contributed by atoms with Crippen LogP contribution in [0.15, 0.2) is 66.7 Å². The Morgan fingerprint density at radius 1 is 0.686 bits per heavy atom. The van der Waals surface area contributed by atoms with Gasteiger partial charge in [-0.2, -0.15) is 0 Å². The summed E-state index contributed by atoms with van der Waals surface area (Å²) in [7, 11) is 3.10. The van der Waals surface area contributed by atoms with Gasteiger partial charge in [0.1, 0.15) is 23.9 Å². The molecule has 0 aliphatic carbocycles. The first-order chi connectivity index (χ1) is 16.8. The molecule has 5 nitrogen and oxygen atoms in total. The molecule has 0 aliphatic heterocycles. The Labute approximate surface area is 206 Å². The molecule has 4 aromatic carbocycles. The van der Waals surface area contributed by atoms with E-state index in [0.717, 1.165) is 33.6 Å². The van der Waals surface area contributed by atoms with Crippen molar-refractivity contribution in [2.75, 3.05) is 14.2 Å². The summed E-state index contributed by atoms with van der Waals surface area (Å²) in [6.45, 7) is 6.53. The lowest BCUT2D eigenvalue weighted by Crippen LogP contribution is -2.00. The van der Waals surface area contributed by atoms with Crippen molar-refractivity contribution >= 4 is 0 Å². The molecule has 0 aliphatic rings. The van der Waals surface area contributed by atoms with E-state index < -0.39 is 0 Å². The maximum atomic E-state index is 11.3. The Morgan fingerprint density at radius 3 is 1.89 bits per heavy atom. The second-order valence-electron chi connectivity index (χ2n) is 8.64. The number of hydrogen-bond acceptors (Lipinski definition) is 5. The molecule has 0 atom stereocenters. The van der Waals surface area contributed by atoms with Gasteiger partial charge in [0.15, 0.2) is 11.5 Å². The smallest absolute Gasteiger partial charge is 0.170 e. The standard InChI is InChI=1S/C30H30O5/c1-18-6-8-21(9-7-18)17-35-29-19(2)14-23(15-20(29)3)27-26(33-4)16-25(30(34-5)28(27)32)22-10-12-24(31)13-11-22/h6-16,31-32H,17H2,1-5H3. The number of benzene rings is 4. The number of ether oxygens (including phenoxy) is 3. The summed E-state index contributed by atoms with van der Waals surface area (Å²) in [6.07, 6.45) is 0. The topological polar surface area (TPSA) is 68.2 Å². The van der Waals surface area contributed by atoms with Crippen LogP contribution in [0, 0.1) is 20.8 Å². The van der Waals surface area contributed by atoms with E-state index in [1.807, 2.05) is 32.0 Å². The highest BCUT2D eigenvalue weighted by atomic mass is 16.5. The Bertz CT molecular complexity index is 1320. The Hall–Kier alpha value is -4.12. The van der Waals surface area contributed by atoms with E-state index in [1.165, 1.54) is 12.7 Å². The van der Waals surface area contributed by atoms with Gasteiger partial charge in [0.05, 0.1) is 19.8 Å². The van der Waals surface area contributed by atoms with Gasteiger partial charge in [0, 0.05) is 5.56 Å². The fourth-order valence-electron chi connectivity index (χ4n) is 4.29. The molecule has 2 N–H and O–H groups in total. The van der Waals surface area contributed by atoms with Gasteiger partial charge in [0.2, 0.25) is 0 Å². The van der Waals surface area contributed by atoms with Crippen molar-refractivity contribution in [3.63, 3.8) is 0 Å². The normalized spacial score (nSPS) is 10.8. The molecule has 35 heavy (non-hydrogen) atoms. The highest BCUT2D eigenvalue weighted by molar-refractivity contribution is 5.88. The van der Waals surface area contributed by atoms with Crippen molar-refractivity contribution < 1.29 is 24.4 Å². The minimum atomic E-state index is -0.0120. The molecule has 0 radical (unpaired) electrons. The van der Waals surface area contributed by atoms with Crippen LogP contribution in [0.3, 0.4) is 0 Å². The summed E-state index contributed by atoms with van der Waals surface area (Å²) in [4.78, 5) is 0. The summed E-state index contributed by atoms with van der Waals surface area (Å²) in [5.41, 5.74) is 7.02. The molecule has 0 aromatic heterocycles. The average Bonchev–Trinajstić information content (AvgIpc) is 2.84. The van der Waals surface area contributed by atoms with Crippen LogP contribution >= 0.6 is 0 Å². The second kappa shape index (κ2) is 10.0. The number of phenols is 2. The monoisotopic (exact) mass is 470 g/mol. The van der Waals surface area contributed by atoms with E-state index in [4.69, 9.17) is 14.2 Å². The lowest BCUT2D eigenvalue weighted by atomic mass is 9.94. The fraction of sp³-hybridized carbons (Fsp3) is 0.200. The summed E-state index contributed by atoms with van der Waals surface area (Å²) >= 11 is 0. The van der Waals surface area contributed by atoms with Gasteiger partial charge in [-0.15, -0.1) is 0 Å². The molecule has 0 spiro atoms. The zero-order chi connectivity index (χ0) is 25.1. The zero-order valence-electron chi connectivity index (χ0n) is 20.7. The van der Waals surface area contributed by atoms with Crippen LogP contribution in [-0.4, -0.2) is 24.4 Å². The van der Waals surface area contributed by atoms with Crippen LogP contribution in [0.25, 0.3) is 22.3 Å². The van der Waals surface area contributed by atoms with Crippen molar-refractivity contribution in [2.45, 2.75) is 27.4 Å². The summed E-state index contributed by atoms with van der Waals surface area (Å²) in [5, 5.41) is 20.9. The maximum absolute atomic E-state index is 11.3. The molecular formula is C30H30O5. The molecule has 0 bridgehead atoms. The van der Waals surface area contributed by atoms with Gasteiger partial charge in [0.25, 0.3) is 0 Å². The molecule has 5 heteroatoms. The third-order valence-electron chi connectivity index (χ3n) is 6.07. The van der Waals surface area contributed by atoms with E-state index in [0.29, 0.717) is 29.2 Å². The SMILES string of the molecule is COc1cc(-c2ccc(O)cc2)c(OC)c(O)c1-c1cc(C)c(OCc2ccc(C)cc2)c(C)c1.